The van der Waals surface area contributed by atoms with Crippen LogP contribution in [0.1, 0.15) is 91.0 Å². The molecule has 0 aliphatic carbocycles. The molecule has 7 heteroatoms. The summed E-state index contributed by atoms with van der Waals surface area (Å²) in [5.74, 6) is -0.796. The largest absolute Gasteiger partial charge is 0.444 e. The molecule has 4 unspecified atom stereocenters. The van der Waals surface area contributed by atoms with E-state index in [-0.39, 0.29) is 23.8 Å². The summed E-state index contributed by atoms with van der Waals surface area (Å²) in [4.78, 5) is 42.9. The van der Waals surface area contributed by atoms with Gasteiger partial charge in [0.15, 0.2) is 0 Å². The number of carbonyl (C=O) groups excluding carboxylic acids is 3. The minimum Gasteiger partial charge on any atom is -0.444 e. The average molecular weight is 538 g/mol. The molecule has 2 N–H and O–H groups in total. The van der Waals surface area contributed by atoms with E-state index in [2.05, 4.69) is 17.6 Å². The summed E-state index contributed by atoms with van der Waals surface area (Å²) in [5, 5.41) is 5.88. The van der Waals surface area contributed by atoms with E-state index in [0.29, 0.717) is 24.1 Å². The van der Waals surface area contributed by atoms with Crippen molar-refractivity contribution < 1.29 is 19.1 Å². The highest BCUT2D eigenvalue weighted by Gasteiger charge is 2.40. The standard InChI is InChI=1S/C32H47N3O4/c1-10-21(4)27(34-31(38)39-32(7,8)9)30(37)35(23(6)11-2)28(25-19-17-24(12-3)18-20-25)29(36)33-26-16-14-13-15-22(26)5/h13-21,23,27-28H,10-12H2,1-9H3,(H,33,36)(H,34,38). The summed E-state index contributed by atoms with van der Waals surface area (Å²) in [6.07, 6.45) is 1.50. The number of nitrogens with zero attached hydrogens (tertiary/aromatic N) is 1. The zero-order valence-corrected chi connectivity index (χ0v) is 25.1. The third-order valence-corrected chi connectivity index (χ3v) is 7.10. The molecule has 0 aliphatic heterocycles. The van der Waals surface area contributed by atoms with Crippen LogP contribution in [0, 0.1) is 12.8 Å². The molecular weight excluding hydrogens is 490 g/mol. The van der Waals surface area contributed by atoms with Crippen molar-refractivity contribution in [1.29, 1.82) is 0 Å². The van der Waals surface area contributed by atoms with Gasteiger partial charge in [-0.1, -0.05) is 76.6 Å². The third kappa shape index (κ3) is 8.84. The molecule has 0 bridgehead atoms. The number of nitrogens with one attached hydrogen (secondary N) is 2. The van der Waals surface area contributed by atoms with Crippen molar-refractivity contribution in [3.63, 3.8) is 0 Å². The number of hydrogen-bond acceptors (Lipinski definition) is 4. The Kier molecular flexibility index (Phi) is 11.6. The van der Waals surface area contributed by atoms with Crippen LogP contribution in [0.3, 0.4) is 0 Å². The van der Waals surface area contributed by atoms with Gasteiger partial charge in [0, 0.05) is 11.7 Å². The zero-order chi connectivity index (χ0) is 29.3. The molecule has 3 amide bonds. The van der Waals surface area contributed by atoms with Gasteiger partial charge in [-0.25, -0.2) is 4.79 Å². The maximum atomic E-state index is 14.4. The normalized spacial score (nSPS) is 14.5. The Hall–Kier alpha value is -3.35. The number of anilines is 1. The van der Waals surface area contributed by atoms with Gasteiger partial charge in [-0.2, -0.15) is 0 Å². The molecule has 0 heterocycles. The highest BCUT2D eigenvalue weighted by molar-refractivity contribution is 5.99. The fourth-order valence-corrected chi connectivity index (χ4v) is 4.36. The lowest BCUT2D eigenvalue weighted by Gasteiger charge is -2.39. The summed E-state index contributed by atoms with van der Waals surface area (Å²) >= 11 is 0. The van der Waals surface area contributed by atoms with Crippen LogP contribution < -0.4 is 10.6 Å². The number of benzene rings is 2. The van der Waals surface area contributed by atoms with Gasteiger partial charge in [-0.05, 0) is 76.1 Å². The van der Waals surface area contributed by atoms with Gasteiger partial charge in [0.05, 0.1) is 0 Å². The summed E-state index contributed by atoms with van der Waals surface area (Å²) in [7, 11) is 0. The predicted molar refractivity (Wildman–Crippen MR) is 158 cm³/mol. The maximum absolute atomic E-state index is 14.4. The molecule has 2 aromatic carbocycles. The monoisotopic (exact) mass is 537 g/mol. The molecule has 39 heavy (non-hydrogen) atoms. The van der Waals surface area contributed by atoms with Crippen LogP contribution in [-0.4, -0.2) is 40.5 Å². The van der Waals surface area contributed by atoms with E-state index in [4.69, 9.17) is 4.74 Å². The summed E-state index contributed by atoms with van der Waals surface area (Å²) in [6, 6.07) is 13.4. The van der Waals surface area contributed by atoms with Crippen molar-refractivity contribution in [1.82, 2.24) is 10.2 Å². The molecule has 214 valence electrons. The lowest BCUT2D eigenvalue weighted by Crippen LogP contribution is -2.56. The van der Waals surface area contributed by atoms with Gasteiger partial charge in [-0.3, -0.25) is 9.59 Å². The Morgan fingerprint density at radius 3 is 2.05 bits per heavy atom. The van der Waals surface area contributed by atoms with Crippen molar-refractivity contribution in [2.45, 2.75) is 105 Å². The smallest absolute Gasteiger partial charge is 0.408 e. The zero-order valence-electron chi connectivity index (χ0n) is 25.1. The van der Waals surface area contributed by atoms with Crippen molar-refractivity contribution in [3.05, 3.63) is 65.2 Å². The molecule has 4 atom stereocenters. The Morgan fingerprint density at radius 1 is 0.923 bits per heavy atom. The first kappa shape index (κ1) is 31.9. The van der Waals surface area contributed by atoms with E-state index >= 15 is 0 Å². The molecule has 2 aromatic rings. The van der Waals surface area contributed by atoms with Gasteiger partial charge < -0.3 is 20.3 Å². The summed E-state index contributed by atoms with van der Waals surface area (Å²) in [6.45, 7) is 17.2. The number of ether oxygens (including phenoxy) is 1. The summed E-state index contributed by atoms with van der Waals surface area (Å²) in [5.41, 5.74) is 2.77. The topological polar surface area (TPSA) is 87.7 Å². The van der Waals surface area contributed by atoms with Crippen molar-refractivity contribution >= 4 is 23.6 Å². The second kappa shape index (κ2) is 14.2. The first-order valence-corrected chi connectivity index (χ1v) is 14.1. The number of rotatable bonds is 11. The molecular formula is C32H47N3O4. The number of para-hydroxylation sites is 1. The van der Waals surface area contributed by atoms with Crippen LogP contribution in [-0.2, 0) is 20.7 Å². The molecule has 0 aliphatic rings. The Balaban J connectivity index is 2.60. The first-order valence-electron chi connectivity index (χ1n) is 14.1. The predicted octanol–water partition coefficient (Wildman–Crippen LogP) is 6.80. The number of hydrogen-bond donors (Lipinski definition) is 2. The summed E-state index contributed by atoms with van der Waals surface area (Å²) < 4.78 is 5.49. The van der Waals surface area contributed by atoms with E-state index in [1.54, 1.807) is 25.7 Å². The lowest BCUT2D eigenvalue weighted by atomic mass is 9.94. The van der Waals surface area contributed by atoms with Crippen LogP contribution in [0.4, 0.5) is 10.5 Å². The quantitative estimate of drug-likeness (QED) is 0.330. The molecule has 7 nitrogen and oxygen atoms in total. The molecule has 2 rings (SSSR count). The van der Waals surface area contributed by atoms with Crippen molar-refractivity contribution in [2.75, 3.05) is 5.32 Å². The average Bonchev–Trinajstić information content (AvgIpc) is 2.89. The fourth-order valence-electron chi connectivity index (χ4n) is 4.36. The molecule has 0 radical (unpaired) electrons. The lowest BCUT2D eigenvalue weighted by molar-refractivity contribution is -0.144. The number of aryl methyl sites for hydroxylation is 2. The van der Waals surface area contributed by atoms with Gasteiger partial charge in [0.1, 0.15) is 17.7 Å². The third-order valence-electron chi connectivity index (χ3n) is 7.10. The van der Waals surface area contributed by atoms with Crippen molar-refractivity contribution in [2.24, 2.45) is 5.92 Å². The van der Waals surface area contributed by atoms with Gasteiger partial charge in [0.25, 0.3) is 5.91 Å². The highest BCUT2D eigenvalue weighted by Crippen LogP contribution is 2.30. The molecule has 0 saturated carbocycles. The maximum Gasteiger partial charge on any atom is 0.408 e. The van der Waals surface area contributed by atoms with Crippen LogP contribution in [0.2, 0.25) is 0 Å². The van der Waals surface area contributed by atoms with E-state index in [1.165, 1.54) is 0 Å². The van der Waals surface area contributed by atoms with E-state index in [9.17, 15) is 14.4 Å². The SMILES string of the molecule is CCc1ccc(C(C(=O)Nc2ccccc2C)N(C(=O)C(NC(=O)OC(C)(C)C)C(C)CC)C(C)CC)cc1. The van der Waals surface area contributed by atoms with Gasteiger partial charge in [-0.15, -0.1) is 0 Å². The van der Waals surface area contributed by atoms with Crippen LogP contribution in [0.15, 0.2) is 48.5 Å². The molecule has 0 aromatic heterocycles. The highest BCUT2D eigenvalue weighted by atomic mass is 16.6. The minimum absolute atomic E-state index is 0.181. The number of amides is 3. The Morgan fingerprint density at radius 2 is 1.54 bits per heavy atom. The van der Waals surface area contributed by atoms with Crippen molar-refractivity contribution in [3.8, 4) is 0 Å². The van der Waals surface area contributed by atoms with Crippen LogP contribution in [0.25, 0.3) is 0 Å². The molecule has 0 spiro atoms. The fraction of sp³-hybridized carbons (Fsp3) is 0.531. The molecule has 0 saturated heterocycles. The first-order chi connectivity index (χ1) is 18.3. The second-order valence-electron chi connectivity index (χ2n) is 11.3. The second-order valence-corrected chi connectivity index (χ2v) is 11.3. The van der Waals surface area contributed by atoms with Gasteiger partial charge in [0.2, 0.25) is 5.91 Å². The van der Waals surface area contributed by atoms with Crippen LogP contribution in [0.5, 0.6) is 0 Å². The van der Waals surface area contributed by atoms with E-state index in [1.807, 2.05) is 83.1 Å². The number of alkyl carbamates (subject to hydrolysis) is 1. The van der Waals surface area contributed by atoms with Gasteiger partial charge >= 0.3 is 6.09 Å². The van der Waals surface area contributed by atoms with E-state index < -0.39 is 23.8 Å². The Bertz CT molecular complexity index is 1110. The van der Waals surface area contributed by atoms with E-state index in [0.717, 1.165) is 17.5 Å². The minimum atomic E-state index is -0.898. The molecule has 0 fully saturated rings. The number of carbonyl (C=O) groups is 3. The van der Waals surface area contributed by atoms with Crippen LogP contribution >= 0.6 is 0 Å². The Labute approximate surface area is 234 Å².